The molecule has 49 heavy (non-hydrogen) atoms. The summed E-state index contributed by atoms with van der Waals surface area (Å²) in [6.45, 7) is 0. The molecule has 0 amide bonds. The Labute approximate surface area is 282 Å². The number of anilines is 3. The fraction of sp³-hybridized carbons (Fsp3) is 0. The lowest BCUT2D eigenvalue weighted by atomic mass is 10.00. The van der Waals surface area contributed by atoms with Crippen molar-refractivity contribution in [3.8, 4) is 22.6 Å². The summed E-state index contributed by atoms with van der Waals surface area (Å²) in [5, 5.41) is 6.81. The van der Waals surface area contributed by atoms with Gasteiger partial charge in [0, 0.05) is 28.4 Å². The molecule has 10 rings (SSSR count). The van der Waals surface area contributed by atoms with Crippen LogP contribution >= 0.6 is 0 Å². The van der Waals surface area contributed by atoms with Crippen LogP contribution in [0.3, 0.4) is 0 Å². The summed E-state index contributed by atoms with van der Waals surface area (Å²) >= 11 is 0. The van der Waals surface area contributed by atoms with Gasteiger partial charge in [-0.1, -0.05) is 121 Å². The largest absolute Gasteiger partial charge is 0.456 e. The van der Waals surface area contributed by atoms with Gasteiger partial charge in [0.15, 0.2) is 5.58 Å². The van der Waals surface area contributed by atoms with Crippen LogP contribution in [-0.2, 0) is 0 Å². The van der Waals surface area contributed by atoms with E-state index in [0.717, 1.165) is 55.6 Å². The molecule has 0 spiro atoms. The number of rotatable bonds is 5. The van der Waals surface area contributed by atoms with Crippen LogP contribution in [0.4, 0.5) is 17.1 Å². The lowest BCUT2D eigenvalue weighted by Crippen LogP contribution is -2.11. The Morgan fingerprint density at radius 3 is 1.82 bits per heavy atom. The maximum Gasteiger partial charge on any atom is 0.227 e. The highest BCUT2D eigenvalue weighted by molar-refractivity contribution is 6.21. The van der Waals surface area contributed by atoms with Crippen molar-refractivity contribution in [3.05, 3.63) is 170 Å². The summed E-state index contributed by atoms with van der Waals surface area (Å²) in [5.41, 5.74) is 9.17. The van der Waals surface area contributed by atoms with Gasteiger partial charge in [-0.05, 0) is 75.1 Å². The molecule has 0 aliphatic carbocycles. The quantitative estimate of drug-likeness (QED) is 0.178. The lowest BCUT2D eigenvalue weighted by molar-refractivity contribution is 0.617. The van der Waals surface area contributed by atoms with Crippen LogP contribution in [-0.4, -0.2) is 4.98 Å². The van der Waals surface area contributed by atoms with E-state index in [-0.39, 0.29) is 0 Å². The zero-order valence-electron chi connectivity index (χ0n) is 26.4. The van der Waals surface area contributed by atoms with Gasteiger partial charge in [-0.15, -0.1) is 0 Å². The van der Waals surface area contributed by atoms with Gasteiger partial charge in [-0.2, -0.15) is 0 Å². The molecular formula is C45H28N2O2. The minimum Gasteiger partial charge on any atom is -0.456 e. The lowest BCUT2D eigenvalue weighted by Gasteiger charge is -2.27. The van der Waals surface area contributed by atoms with E-state index in [1.54, 1.807) is 0 Å². The van der Waals surface area contributed by atoms with Crippen molar-refractivity contribution in [1.29, 1.82) is 0 Å². The Morgan fingerprint density at radius 2 is 1.02 bits per heavy atom. The van der Waals surface area contributed by atoms with Crippen molar-refractivity contribution in [2.75, 3.05) is 4.90 Å². The van der Waals surface area contributed by atoms with E-state index in [0.29, 0.717) is 11.5 Å². The predicted octanol–water partition coefficient (Wildman–Crippen LogP) is 12.8. The second-order valence-corrected chi connectivity index (χ2v) is 12.4. The molecule has 0 N–H and O–H groups in total. The van der Waals surface area contributed by atoms with Gasteiger partial charge >= 0.3 is 0 Å². The molecule has 0 radical (unpaired) electrons. The van der Waals surface area contributed by atoms with Gasteiger partial charge in [-0.3, -0.25) is 0 Å². The van der Waals surface area contributed by atoms with Crippen molar-refractivity contribution in [2.45, 2.75) is 0 Å². The molecule has 2 heterocycles. The van der Waals surface area contributed by atoms with E-state index in [4.69, 9.17) is 13.8 Å². The number of fused-ring (bicyclic) bond motifs is 7. The van der Waals surface area contributed by atoms with Gasteiger partial charge in [0.1, 0.15) is 16.7 Å². The molecule has 0 unspecified atom stereocenters. The molecule has 0 fully saturated rings. The summed E-state index contributed by atoms with van der Waals surface area (Å²) in [6, 6.07) is 59.2. The first kappa shape index (κ1) is 27.5. The molecule has 4 nitrogen and oxygen atoms in total. The topological polar surface area (TPSA) is 42.4 Å². The molecule has 0 aliphatic heterocycles. The van der Waals surface area contributed by atoms with Crippen LogP contribution in [0.5, 0.6) is 0 Å². The van der Waals surface area contributed by atoms with E-state index >= 15 is 0 Å². The molecule has 10 aromatic rings. The maximum atomic E-state index is 6.53. The van der Waals surface area contributed by atoms with Gasteiger partial charge in [-0.25, -0.2) is 4.98 Å². The standard InChI is InChI=1S/C45H28N2O2/c1-3-11-29(12-4-1)30-21-24-34(25-22-30)47(35-26-23-32-20-19-31-13-7-8-16-36(31)38(32)27-35)44-42-37-17-9-10-18-39(37)48-40(42)28-41-43(44)46-45(49-41)33-14-5-2-6-15-33/h1-28H. The van der Waals surface area contributed by atoms with E-state index in [1.807, 2.05) is 54.6 Å². The Balaban J connectivity index is 1.30. The molecule has 4 heteroatoms. The van der Waals surface area contributed by atoms with Crippen LogP contribution in [0, 0.1) is 0 Å². The fourth-order valence-corrected chi connectivity index (χ4v) is 7.14. The molecule has 0 saturated heterocycles. The first-order valence-electron chi connectivity index (χ1n) is 16.5. The summed E-state index contributed by atoms with van der Waals surface area (Å²) in [4.78, 5) is 7.54. The number of hydrogen-bond acceptors (Lipinski definition) is 4. The van der Waals surface area contributed by atoms with Crippen molar-refractivity contribution in [3.63, 3.8) is 0 Å². The highest BCUT2D eigenvalue weighted by atomic mass is 16.4. The van der Waals surface area contributed by atoms with Gasteiger partial charge in [0.25, 0.3) is 0 Å². The molecule has 0 saturated carbocycles. The Bertz CT molecular complexity index is 2820. The summed E-state index contributed by atoms with van der Waals surface area (Å²) in [7, 11) is 0. The van der Waals surface area contributed by atoms with E-state index in [9.17, 15) is 0 Å². The van der Waals surface area contributed by atoms with Crippen LogP contribution in [0.2, 0.25) is 0 Å². The highest BCUT2D eigenvalue weighted by Crippen LogP contribution is 2.48. The number of para-hydroxylation sites is 1. The third kappa shape index (κ3) is 4.49. The number of nitrogens with zero attached hydrogens (tertiary/aromatic N) is 2. The molecule has 0 bridgehead atoms. The zero-order valence-corrected chi connectivity index (χ0v) is 26.4. The predicted molar refractivity (Wildman–Crippen MR) is 202 cm³/mol. The zero-order chi connectivity index (χ0) is 32.3. The monoisotopic (exact) mass is 628 g/mol. The van der Waals surface area contributed by atoms with Gasteiger partial charge < -0.3 is 13.7 Å². The van der Waals surface area contributed by atoms with Gasteiger partial charge in [0.2, 0.25) is 5.89 Å². The second-order valence-electron chi connectivity index (χ2n) is 12.4. The minimum absolute atomic E-state index is 0.567. The average Bonchev–Trinajstić information content (AvgIpc) is 3.77. The smallest absolute Gasteiger partial charge is 0.227 e. The summed E-state index contributed by atoms with van der Waals surface area (Å²) in [5.74, 6) is 0.567. The van der Waals surface area contributed by atoms with E-state index in [1.165, 1.54) is 27.1 Å². The molecule has 0 aliphatic rings. The molecular weight excluding hydrogens is 601 g/mol. The Hall–Kier alpha value is -6.65. The van der Waals surface area contributed by atoms with Crippen molar-refractivity contribution in [1.82, 2.24) is 4.98 Å². The third-order valence-corrected chi connectivity index (χ3v) is 9.46. The minimum atomic E-state index is 0.567. The Morgan fingerprint density at radius 1 is 0.408 bits per heavy atom. The highest BCUT2D eigenvalue weighted by Gasteiger charge is 2.26. The second kappa shape index (κ2) is 11.0. The van der Waals surface area contributed by atoms with Crippen LogP contribution in [0.25, 0.3) is 77.2 Å². The SMILES string of the molecule is c1ccc(-c2ccc(N(c3ccc4ccc5ccccc5c4c3)c3c4nc(-c5ccccc5)oc4cc4oc5ccccc5c34)cc2)cc1. The van der Waals surface area contributed by atoms with Crippen LogP contribution in [0.15, 0.2) is 179 Å². The molecule has 230 valence electrons. The number of furan rings is 1. The average molecular weight is 629 g/mol. The Kier molecular flexibility index (Phi) is 6.15. The number of aromatic nitrogens is 1. The van der Waals surface area contributed by atoms with E-state index in [2.05, 4.69) is 120 Å². The third-order valence-electron chi connectivity index (χ3n) is 9.46. The fourth-order valence-electron chi connectivity index (χ4n) is 7.14. The van der Waals surface area contributed by atoms with Gasteiger partial charge in [0.05, 0.1) is 11.1 Å². The van der Waals surface area contributed by atoms with Crippen molar-refractivity contribution < 1.29 is 8.83 Å². The number of benzene rings is 8. The van der Waals surface area contributed by atoms with Crippen LogP contribution in [0.1, 0.15) is 0 Å². The molecule has 8 aromatic carbocycles. The molecule has 0 atom stereocenters. The number of oxazole rings is 1. The molecule has 2 aromatic heterocycles. The first-order chi connectivity index (χ1) is 24.3. The summed E-state index contributed by atoms with van der Waals surface area (Å²) < 4.78 is 13.1. The van der Waals surface area contributed by atoms with Crippen molar-refractivity contribution in [2.24, 2.45) is 0 Å². The first-order valence-corrected chi connectivity index (χ1v) is 16.5. The number of hydrogen-bond donors (Lipinski definition) is 0. The van der Waals surface area contributed by atoms with Crippen LogP contribution < -0.4 is 4.90 Å². The summed E-state index contributed by atoms with van der Waals surface area (Å²) in [6.07, 6.45) is 0. The normalized spacial score (nSPS) is 11.7. The van der Waals surface area contributed by atoms with Crippen molar-refractivity contribution >= 4 is 71.6 Å². The maximum absolute atomic E-state index is 6.53. The van der Waals surface area contributed by atoms with E-state index < -0.39 is 0 Å².